The molecule has 0 radical (unpaired) electrons. The maximum Gasteiger partial charge on any atom is 0.252 e. The molecular weight excluding hydrogens is 282 g/mol. The van der Waals surface area contributed by atoms with E-state index in [1.54, 1.807) is 11.3 Å². The van der Waals surface area contributed by atoms with Gasteiger partial charge in [-0.2, -0.15) is 0 Å². The van der Waals surface area contributed by atoms with Gasteiger partial charge in [-0.1, -0.05) is 13.1 Å². The van der Waals surface area contributed by atoms with Gasteiger partial charge < -0.3 is 5.32 Å². The number of amides is 1. The van der Waals surface area contributed by atoms with E-state index in [0.717, 1.165) is 11.1 Å². The monoisotopic (exact) mass is 303 g/mol. The van der Waals surface area contributed by atoms with Gasteiger partial charge in [-0.3, -0.25) is 4.79 Å². The van der Waals surface area contributed by atoms with Crippen LogP contribution in [-0.4, -0.2) is 25.5 Å². The lowest BCUT2D eigenvalue weighted by Crippen LogP contribution is -2.46. The van der Waals surface area contributed by atoms with Gasteiger partial charge in [0.15, 0.2) is 0 Å². The van der Waals surface area contributed by atoms with E-state index in [4.69, 9.17) is 11.6 Å². The first kappa shape index (κ1) is 15.7. The Hall–Kier alpha value is -0.323. The van der Waals surface area contributed by atoms with E-state index in [1.807, 2.05) is 20.8 Å². The van der Waals surface area contributed by atoms with Gasteiger partial charge in [-0.15, -0.1) is 22.9 Å². The molecule has 0 saturated carbocycles. The van der Waals surface area contributed by atoms with Gasteiger partial charge in [0.2, 0.25) is 0 Å². The van der Waals surface area contributed by atoms with Crippen LogP contribution < -0.4 is 9.82 Å². The van der Waals surface area contributed by atoms with Gasteiger partial charge in [0, 0.05) is 20.9 Å². The number of carbonyl (C=O) groups excluding carboxylic acids is 1. The second-order valence-corrected chi connectivity index (χ2v) is 12.6. The SMILES string of the molecule is Cc1sc([Si](C)(C)CCl)c(C(=O)NC(C)C)c1C. The molecule has 2 nitrogen and oxygen atoms in total. The smallest absolute Gasteiger partial charge is 0.252 e. The average Bonchev–Trinajstić information content (AvgIpc) is 2.55. The van der Waals surface area contributed by atoms with Crippen molar-refractivity contribution < 1.29 is 4.79 Å². The first-order valence-corrected chi connectivity index (χ1v) is 10.7. The Balaban J connectivity index is 3.29. The summed E-state index contributed by atoms with van der Waals surface area (Å²) in [5.74, 6) is 0.0486. The van der Waals surface area contributed by atoms with Crippen LogP contribution in [-0.2, 0) is 0 Å². The van der Waals surface area contributed by atoms with Crippen LogP contribution >= 0.6 is 22.9 Å². The number of hydrogen-bond donors (Lipinski definition) is 1. The van der Waals surface area contributed by atoms with Gasteiger partial charge >= 0.3 is 0 Å². The quantitative estimate of drug-likeness (QED) is 0.672. The van der Waals surface area contributed by atoms with Crippen molar-refractivity contribution in [3.05, 3.63) is 16.0 Å². The molecule has 1 N–H and O–H groups in total. The predicted molar refractivity (Wildman–Crippen MR) is 84.2 cm³/mol. The Bertz CT molecular complexity index is 454. The molecule has 5 heteroatoms. The lowest BCUT2D eigenvalue weighted by atomic mass is 10.1. The fourth-order valence-electron chi connectivity index (χ4n) is 1.77. The normalized spacial score (nSPS) is 12.0. The van der Waals surface area contributed by atoms with Gasteiger partial charge in [-0.05, 0) is 33.3 Å². The lowest BCUT2D eigenvalue weighted by molar-refractivity contribution is 0.0944. The molecule has 1 amide bonds. The average molecular weight is 304 g/mol. The third-order valence-corrected chi connectivity index (χ3v) is 10.1. The van der Waals surface area contributed by atoms with E-state index >= 15 is 0 Å². The zero-order valence-corrected chi connectivity index (χ0v) is 14.6. The summed E-state index contributed by atoms with van der Waals surface area (Å²) in [4.78, 5) is 13.6. The van der Waals surface area contributed by atoms with Crippen LogP contribution in [0.1, 0.15) is 34.6 Å². The Morgan fingerprint density at radius 1 is 1.39 bits per heavy atom. The first-order chi connectivity index (χ1) is 8.20. The number of aryl methyl sites for hydroxylation is 1. The van der Waals surface area contributed by atoms with Crippen molar-refractivity contribution in [2.24, 2.45) is 0 Å². The van der Waals surface area contributed by atoms with Crippen LogP contribution in [0.15, 0.2) is 0 Å². The van der Waals surface area contributed by atoms with E-state index in [9.17, 15) is 4.79 Å². The summed E-state index contributed by atoms with van der Waals surface area (Å²) < 4.78 is 1.23. The number of alkyl halides is 1. The zero-order valence-electron chi connectivity index (χ0n) is 12.0. The minimum atomic E-state index is -1.70. The molecule has 0 saturated heterocycles. The van der Waals surface area contributed by atoms with Crippen LogP contribution in [0.2, 0.25) is 13.1 Å². The van der Waals surface area contributed by atoms with E-state index in [2.05, 4.69) is 25.3 Å². The van der Waals surface area contributed by atoms with Crippen LogP contribution in [0, 0.1) is 13.8 Å². The Morgan fingerprint density at radius 2 is 1.94 bits per heavy atom. The van der Waals surface area contributed by atoms with Crippen LogP contribution in [0.25, 0.3) is 0 Å². The fourth-order valence-corrected chi connectivity index (χ4v) is 6.20. The van der Waals surface area contributed by atoms with Crippen molar-refractivity contribution in [1.82, 2.24) is 5.32 Å². The predicted octanol–water partition coefficient (Wildman–Crippen LogP) is 3.20. The maximum atomic E-state index is 12.3. The second-order valence-electron chi connectivity index (χ2n) is 5.63. The highest BCUT2D eigenvalue weighted by Gasteiger charge is 2.32. The van der Waals surface area contributed by atoms with Crippen molar-refractivity contribution in [3.8, 4) is 0 Å². The molecule has 0 bridgehead atoms. The van der Waals surface area contributed by atoms with Crippen molar-refractivity contribution in [2.45, 2.75) is 46.8 Å². The standard InChI is InChI=1S/C13H22ClNOSSi/c1-8(2)15-12(16)11-9(3)10(4)17-13(11)18(5,6)7-14/h8H,7H2,1-6H3,(H,15,16). The molecule has 1 heterocycles. The van der Waals surface area contributed by atoms with Gasteiger partial charge in [0.05, 0.1) is 5.56 Å². The molecule has 0 aliphatic rings. The topological polar surface area (TPSA) is 29.1 Å². The van der Waals surface area contributed by atoms with Gasteiger partial charge in [-0.25, -0.2) is 0 Å². The molecule has 1 aromatic rings. The molecule has 102 valence electrons. The third kappa shape index (κ3) is 3.16. The molecule has 0 aliphatic heterocycles. The van der Waals surface area contributed by atoms with Crippen molar-refractivity contribution in [1.29, 1.82) is 0 Å². The number of rotatable bonds is 4. The first-order valence-electron chi connectivity index (χ1n) is 6.18. The van der Waals surface area contributed by atoms with Gasteiger partial charge in [0.1, 0.15) is 8.07 Å². The summed E-state index contributed by atoms with van der Waals surface area (Å²) in [6.45, 7) is 12.5. The highest BCUT2D eigenvalue weighted by atomic mass is 35.5. The minimum absolute atomic E-state index is 0.0486. The van der Waals surface area contributed by atoms with E-state index in [0.29, 0.717) is 5.50 Å². The molecule has 0 spiro atoms. The molecule has 1 rings (SSSR count). The molecule has 18 heavy (non-hydrogen) atoms. The van der Waals surface area contributed by atoms with Crippen LogP contribution in [0.5, 0.6) is 0 Å². The number of carbonyl (C=O) groups is 1. The maximum absolute atomic E-state index is 12.3. The molecule has 0 unspecified atom stereocenters. The van der Waals surface area contributed by atoms with Crippen molar-refractivity contribution in [3.63, 3.8) is 0 Å². The molecule has 0 fully saturated rings. The summed E-state index contributed by atoms with van der Waals surface area (Å²) in [5.41, 5.74) is 2.64. The Morgan fingerprint density at radius 3 is 2.39 bits per heavy atom. The molecule has 0 aromatic carbocycles. The number of nitrogens with one attached hydrogen (secondary N) is 1. The Kier molecular flexibility index (Phi) is 5.03. The third-order valence-electron chi connectivity index (χ3n) is 2.98. The Labute approximate surface area is 120 Å². The van der Waals surface area contributed by atoms with Gasteiger partial charge in [0.25, 0.3) is 5.91 Å². The zero-order chi connectivity index (χ0) is 14.1. The van der Waals surface area contributed by atoms with Crippen molar-refractivity contribution in [2.75, 3.05) is 5.50 Å². The van der Waals surface area contributed by atoms with E-state index < -0.39 is 8.07 Å². The molecule has 1 aromatic heterocycles. The highest BCUT2D eigenvalue weighted by Crippen LogP contribution is 2.23. The summed E-state index contributed by atoms with van der Waals surface area (Å²) in [6, 6.07) is 0.158. The fraction of sp³-hybridized carbons (Fsp3) is 0.615. The number of thiophene rings is 1. The summed E-state index contributed by atoms with van der Waals surface area (Å²) in [7, 11) is -1.70. The van der Waals surface area contributed by atoms with Crippen LogP contribution in [0.3, 0.4) is 0 Å². The summed E-state index contributed by atoms with van der Waals surface area (Å²) >= 11 is 7.85. The van der Waals surface area contributed by atoms with Crippen molar-refractivity contribution >= 4 is 41.4 Å². The van der Waals surface area contributed by atoms with Crippen LogP contribution in [0.4, 0.5) is 0 Å². The highest BCUT2D eigenvalue weighted by molar-refractivity contribution is 7.28. The summed E-state index contributed by atoms with van der Waals surface area (Å²) in [6.07, 6.45) is 0. The number of halogens is 1. The second kappa shape index (κ2) is 5.76. The molecule has 0 atom stereocenters. The van der Waals surface area contributed by atoms with E-state index in [-0.39, 0.29) is 11.9 Å². The largest absolute Gasteiger partial charge is 0.350 e. The lowest BCUT2D eigenvalue weighted by Gasteiger charge is -2.20. The summed E-state index contributed by atoms with van der Waals surface area (Å²) in [5, 5.41) is 3.00. The number of hydrogen-bond acceptors (Lipinski definition) is 2. The minimum Gasteiger partial charge on any atom is -0.350 e. The van der Waals surface area contributed by atoms with E-state index in [1.165, 1.54) is 9.38 Å². The molecule has 0 aliphatic carbocycles. The molecular formula is C13H22ClNOSSi.